The Hall–Kier alpha value is -1.73. The molecule has 130 valence electrons. The highest BCUT2D eigenvalue weighted by molar-refractivity contribution is 7.18. The molecule has 2 aromatic heterocycles. The van der Waals surface area contributed by atoms with Crippen LogP contribution < -0.4 is 16.2 Å². The molecular weight excluding hydrogens is 324 g/mol. The molecule has 3 heterocycles. The minimum atomic E-state index is -0.109. The number of nitrogens with one attached hydrogen (secondary N) is 3. The lowest BCUT2D eigenvalue weighted by Crippen LogP contribution is -2.51. The van der Waals surface area contributed by atoms with Crippen molar-refractivity contribution in [3.8, 4) is 0 Å². The van der Waals surface area contributed by atoms with Gasteiger partial charge in [-0.3, -0.25) is 9.59 Å². The van der Waals surface area contributed by atoms with Crippen molar-refractivity contribution in [1.29, 1.82) is 0 Å². The Kier molecular flexibility index (Phi) is 5.01. The number of amides is 1. The summed E-state index contributed by atoms with van der Waals surface area (Å²) in [5.74, 6) is 0.593. The van der Waals surface area contributed by atoms with Gasteiger partial charge in [-0.1, -0.05) is 0 Å². The molecule has 0 saturated carbocycles. The Morgan fingerprint density at radius 2 is 2.21 bits per heavy atom. The summed E-state index contributed by atoms with van der Waals surface area (Å²) in [6.07, 6.45) is 2.87. The number of aryl methyl sites for hydroxylation is 3. The number of carbonyl (C=O) groups is 1. The smallest absolute Gasteiger partial charge is 0.259 e. The second-order valence-corrected chi connectivity index (χ2v) is 7.74. The molecule has 2 aromatic rings. The van der Waals surface area contributed by atoms with Gasteiger partial charge in [0.2, 0.25) is 5.91 Å². The van der Waals surface area contributed by atoms with E-state index >= 15 is 0 Å². The molecular formula is C17H24N4O2S. The van der Waals surface area contributed by atoms with Crippen LogP contribution in [0.15, 0.2) is 4.79 Å². The van der Waals surface area contributed by atoms with Gasteiger partial charge in [0.1, 0.15) is 10.7 Å². The molecule has 1 aliphatic heterocycles. The topological polar surface area (TPSA) is 86.9 Å². The standard InChI is InChI=1S/C17H24N4O2S/c1-9-11(3)24-17-15(9)16(23)20-13(21-17)6-7-14(22)19-12-5-4-8-18-10(12)2/h10,12,18H,4-8H2,1-3H3,(H,19,22)(H,20,21,23). The van der Waals surface area contributed by atoms with Gasteiger partial charge in [0.05, 0.1) is 5.39 Å². The molecule has 2 unspecified atom stereocenters. The van der Waals surface area contributed by atoms with Crippen LogP contribution in [0.3, 0.4) is 0 Å². The van der Waals surface area contributed by atoms with E-state index in [9.17, 15) is 9.59 Å². The molecule has 1 fully saturated rings. The van der Waals surface area contributed by atoms with Crippen LogP contribution in [0.5, 0.6) is 0 Å². The molecule has 6 nitrogen and oxygen atoms in total. The molecule has 7 heteroatoms. The SMILES string of the molecule is Cc1sc2nc(CCC(=O)NC3CCCNC3C)[nH]c(=O)c2c1C. The second kappa shape index (κ2) is 7.03. The molecule has 3 rings (SSSR count). The third-order valence-corrected chi connectivity index (χ3v) is 5.89. The van der Waals surface area contributed by atoms with Gasteiger partial charge in [-0.05, 0) is 45.7 Å². The number of nitrogens with zero attached hydrogens (tertiary/aromatic N) is 1. The third-order valence-electron chi connectivity index (χ3n) is 4.79. The summed E-state index contributed by atoms with van der Waals surface area (Å²) in [6.45, 7) is 7.04. The highest BCUT2D eigenvalue weighted by Gasteiger charge is 2.22. The van der Waals surface area contributed by atoms with Crippen molar-refractivity contribution in [1.82, 2.24) is 20.6 Å². The van der Waals surface area contributed by atoms with Gasteiger partial charge in [0.25, 0.3) is 5.56 Å². The number of rotatable bonds is 4. The number of hydrogen-bond acceptors (Lipinski definition) is 5. The Morgan fingerprint density at radius 3 is 2.96 bits per heavy atom. The minimum Gasteiger partial charge on any atom is -0.352 e. The zero-order valence-electron chi connectivity index (χ0n) is 14.4. The van der Waals surface area contributed by atoms with Crippen LogP contribution in [0, 0.1) is 13.8 Å². The molecule has 1 aliphatic rings. The summed E-state index contributed by atoms with van der Waals surface area (Å²) in [6, 6.07) is 0.484. The molecule has 0 radical (unpaired) electrons. The van der Waals surface area contributed by atoms with E-state index in [1.165, 1.54) is 11.3 Å². The Labute approximate surface area is 145 Å². The van der Waals surface area contributed by atoms with Gasteiger partial charge in [-0.15, -0.1) is 11.3 Å². The normalized spacial score (nSPS) is 21.1. The fourth-order valence-electron chi connectivity index (χ4n) is 3.17. The van der Waals surface area contributed by atoms with E-state index in [1.54, 1.807) is 0 Å². The van der Waals surface area contributed by atoms with Crippen LogP contribution in [-0.4, -0.2) is 34.5 Å². The van der Waals surface area contributed by atoms with Gasteiger partial charge in [-0.2, -0.15) is 0 Å². The van der Waals surface area contributed by atoms with Gasteiger partial charge in [0.15, 0.2) is 0 Å². The van der Waals surface area contributed by atoms with E-state index in [2.05, 4.69) is 27.5 Å². The summed E-state index contributed by atoms with van der Waals surface area (Å²) >= 11 is 1.53. The Balaban J connectivity index is 1.65. The van der Waals surface area contributed by atoms with Gasteiger partial charge < -0.3 is 15.6 Å². The lowest BCUT2D eigenvalue weighted by Gasteiger charge is -2.30. The number of fused-ring (bicyclic) bond motifs is 1. The summed E-state index contributed by atoms with van der Waals surface area (Å²) in [7, 11) is 0. The lowest BCUT2D eigenvalue weighted by molar-refractivity contribution is -0.122. The number of aromatic amines is 1. The maximum absolute atomic E-state index is 12.2. The van der Waals surface area contributed by atoms with Gasteiger partial charge in [0, 0.05) is 29.8 Å². The predicted molar refractivity (Wildman–Crippen MR) is 96.7 cm³/mol. The van der Waals surface area contributed by atoms with E-state index in [-0.39, 0.29) is 17.5 Å². The number of aromatic nitrogens is 2. The second-order valence-electron chi connectivity index (χ2n) is 6.54. The monoisotopic (exact) mass is 348 g/mol. The van der Waals surface area contributed by atoms with Crippen LogP contribution in [0.2, 0.25) is 0 Å². The van der Waals surface area contributed by atoms with E-state index in [0.29, 0.717) is 30.1 Å². The zero-order chi connectivity index (χ0) is 17.3. The third kappa shape index (κ3) is 3.52. The number of H-pyrrole nitrogens is 1. The number of piperidine rings is 1. The molecule has 3 N–H and O–H groups in total. The number of thiophene rings is 1. The first-order valence-corrected chi connectivity index (χ1v) is 9.29. The maximum Gasteiger partial charge on any atom is 0.259 e. The fourth-order valence-corrected chi connectivity index (χ4v) is 4.22. The minimum absolute atomic E-state index is 0.0110. The van der Waals surface area contributed by atoms with Crippen molar-refractivity contribution in [3.63, 3.8) is 0 Å². The van der Waals surface area contributed by atoms with Crippen molar-refractivity contribution < 1.29 is 4.79 Å². The van der Waals surface area contributed by atoms with Crippen LogP contribution in [0.1, 0.15) is 42.5 Å². The first kappa shape index (κ1) is 17.1. The largest absolute Gasteiger partial charge is 0.352 e. The first-order chi connectivity index (χ1) is 11.5. The molecule has 0 spiro atoms. The summed E-state index contributed by atoms with van der Waals surface area (Å²) in [5.41, 5.74) is 0.884. The van der Waals surface area contributed by atoms with Crippen molar-refractivity contribution in [2.45, 2.75) is 58.5 Å². The number of hydrogen-bond donors (Lipinski definition) is 3. The predicted octanol–water partition coefficient (Wildman–Crippen LogP) is 1.79. The van der Waals surface area contributed by atoms with E-state index in [0.717, 1.165) is 34.7 Å². The van der Waals surface area contributed by atoms with Crippen molar-refractivity contribution in [3.05, 3.63) is 26.6 Å². The summed E-state index contributed by atoms with van der Waals surface area (Å²) in [5, 5.41) is 7.13. The average Bonchev–Trinajstić information content (AvgIpc) is 2.82. The Bertz CT molecular complexity index is 811. The highest BCUT2D eigenvalue weighted by atomic mass is 32.1. The number of carbonyl (C=O) groups excluding carboxylic acids is 1. The van der Waals surface area contributed by atoms with E-state index < -0.39 is 0 Å². The molecule has 2 atom stereocenters. The first-order valence-electron chi connectivity index (χ1n) is 8.47. The van der Waals surface area contributed by atoms with Crippen LogP contribution in [0.4, 0.5) is 0 Å². The molecule has 0 aliphatic carbocycles. The van der Waals surface area contributed by atoms with Crippen LogP contribution in [-0.2, 0) is 11.2 Å². The van der Waals surface area contributed by atoms with Crippen LogP contribution in [0.25, 0.3) is 10.2 Å². The quantitative estimate of drug-likeness (QED) is 0.786. The molecule has 1 amide bonds. The van der Waals surface area contributed by atoms with E-state index in [1.807, 2.05) is 13.8 Å². The highest BCUT2D eigenvalue weighted by Crippen LogP contribution is 2.25. The van der Waals surface area contributed by atoms with Crippen LogP contribution >= 0.6 is 11.3 Å². The van der Waals surface area contributed by atoms with Crippen molar-refractivity contribution >= 4 is 27.5 Å². The van der Waals surface area contributed by atoms with Crippen molar-refractivity contribution in [2.75, 3.05) is 6.54 Å². The molecule has 0 bridgehead atoms. The maximum atomic E-state index is 12.2. The summed E-state index contributed by atoms with van der Waals surface area (Å²) < 4.78 is 0. The fraction of sp³-hybridized carbons (Fsp3) is 0.588. The van der Waals surface area contributed by atoms with Gasteiger partial charge in [-0.25, -0.2) is 4.98 Å². The Morgan fingerprint density at radius 1 is 1.42 bits per heavy atom. The zero-order valence-corrected chi connectivity index (χ0v) is 15.2. The molecule has 24 heavy (non-hydrogen) atoms. The van der Waals surface area contributed by atoms with Gasteiger partial charge >= 0.3 is 0 Å². The van der Waals surface area contributed by atoms with E-state index in [4.69, 9.17) is 0 Å². The molecule has 0 aromatic carbocycles. The summed E-state index contributed by atoms with van der Waals surface area (Å²) in [4.78, 5) is 33.6. The lowest BCUT2D eigenvalue weighted by atomic mass is 10.00. The van der Waals surface area contributed by atoms with Crippen molar-refractivity contribution in [2.24, 2.45) is 0 Å². The average molecular weight is 348 g/mol. The molecule has 1 saturated heterocycles.